The van der Waals surface area contributed by atoms with E-state index in [0.717, 1.165) is 0 Å². The minimum atomic E-state index is -2.48. The summed E-state index contributed by atoms with van der Waals surface area (Å²) in [4.78, 5) is 27.8. The molecular weight excluding hydrogens is 484 g/mol. The highest BCUT2D eigenvalue weighted by Crippen LogP contribution is 2.28. The van der Waals surface area contributed by atoms with Crippen molar-refractivity contribution in [3.05, 3.63) is 69.3 Å². The van der Waals surface area contributed by atoms with E-state index >= 15 is 0 Å². The second kappa shape index (κ2) is 11.4. The van der Waals surface area contributed by atoms with Crippen LogP contribution in [0.15, 0.2) is 45.6 Å². The van der Waals surface area contributed by atoms with E-state index in [1.165, 1.54) is 49.3 Å². The van der Waals surface area contributed by atoms with Crippen molar-refractivity contribution in [2.45, 2.75) is 13.0 Å². The lowest BCUT2D eigenvalue weighted by Gasteiger charge is -2.19. The van der Waals surface area contributed by atoms with Crippen LogP contribution in [0.2, 0.25) is 0 Å². The van der Waals surface area contributed by atoms with Crippen LogP contribution >= 0.6 is 0 Å². The molecule has 0 saturated carbocycles. The number of hydrogen-bond donors (Lipinski definition) is 2. The molecular formula is C23H25F2N3O6S. The molecule has 1 unspecified atom stereocenters. The number of alkyl halides is 1. The molecule has 2 aromatic carbocycles. The predicted octanol–water partition coefficient (Wildman–Crippen LogP) is 3.53. The summed E-state index contributed by atoms with van der Waals surface area (Å²) >= 11 is -2.48. The number of ether oxygens (including phenoxy) is 1. The number of rotatable bonds is 9. The molecule has 1 aromatic heterocycles. The number of fused-ring (bicyclic) bond motifs is 1. The van der Waals surface area contributed by atoms with Gasteiger partial charge in [0.1, 0.15) is 18.0 Å². The first-order valence-electron chi connectivity index (χ1n) is 10.5. The molecule has 0 saturated heterocycles. The lowest BCUT2D eigenvalue weighted by Crippen LogP contribution is -2.25. The summed E-state index contributed by atoms with van der Waals surface area (Å²) in [6, 6.07) is 8.78. The van der Waals surface area contributed by atoms with Gasteiger partial charge in [0.05, 0.1) is 5.69 Å². The number of nitrogens with zero attached hydrogens (tertiary/aromatic N) is 2. The number of amides is 1. The minimum Gasteiger partial charge on any atom is -0.422 e. The van der Waals surface area contributed by atoms with Crippen molar-refractivity contribution in [1.29, 1.82) is 0 Å². The third-order valence-corrected chi connectivity index (χ3v) is 5.59. The Morgan fingerprint density at radius 1 is 1.20 bits per heavy atom. The lowest BCUT2D eigenvalue weighted by atomic mass is 9.97. The maximum absolute atomic E-state index is 15.0. The Labute approximate surface area is 202 Å². The molecule has 0 radical (unpaired) electrons. The van der Waals surface area contributed by atoms with Gasteiger partial charge in [-0.05, 0) is 36.4 Å². The molecule has 3 rings (SSSR count). The number of halogens is 2. The number of carbonyl (C=O) groups is 1. The fourth-order valence-electron chi connectivity index (χ4n) is 3.47. The van der Waals surface area contributed by atoms with Crippen LogP contribution in [0.4, 0.5) is 19.3 Å². The van der Waals surface area contributed by atoms with E-state index in [1.54, 1.807) is 18.0 Å². The molecule has 35 heavy (non-hydrogen) atoms. The molecule has 2 N–H and O–H groups in total. The van der Waals surface area contributed by atoms with Gasteiger partial charge >= 0.3 is 11.7 Å². The Morgan fingerprint density at radius 3 is 2.60 bits per heavy atom. The van der Waals surface area contributed by atoms with E-state index in [1.807, 2.05) is 0 Å². The number of nitrogens with one attached hydrogen (secondary N) is 1. The third-order valence-electron chi connectivity index (χ3n) is 5.20. The molecule has 0 spiro atoms. The highest BCUT2D eigenvalue weighted by Gasteiger charge is 2.20. The summed E-state index contributed by atoms with van der Waals surface area (Å²) in [7, 11) is 4.73. The molecule has 1 amide bonds. The van der Waals surface area contributed by atoms with Crippen LogP contribution in [0.3, 0.4) is 0 Å². The van der Waals surface area contributed by atoms with E-state index < -0.39 is 35.5 Å². The fraction of sp³-hybridized carbons (Fsp3) is 0.304. The minimum absolute atomic E-state index is 0.0954. The molecule has 3 aromatic rings. The molecule has 0 aliphatic carbocycles. The third kappa shape index (κ3) is 6.41. The van der Waals surface area contributed by atoms with Crippen LogP contribution < -0.4 is 15.1 Å². The van der Waals surface area contributed by atoms with Crippen molar-refractivity contribution in [2.24, 2.45) is 0 Å². The first-order chi connectivity index (χ1) is 16.6. The Morgan fingerprint density at radius 2 is 1.94 bits per heavy atom. The average molecular weight is 510 g/mol. The Balaban J connectivity index is 2.11. The largest absolute Gasteiger partial charge is 0.422 e. The van der Waals surface area contributed by atoms with Crippen LogP contribution in [0, 0.1) is 5.82 Å². The predicted molar refractivity (Wildman–Crippen MR) is 128 cm³/mol. The van der Waals surface area contributed by atoms with E-state index in [2.05, 4.69) is 4.72 Å². The Bertz CT molecular complexity index is 1310. The summed E-state index contributed by atoms with van der Waals surface area (Å²) in [5, 5.41) is 0.515. The van der Waals surface area contributed by atoms with E-state index in [9.17, 15) is 22.6 Å². The summed E-state index contributed by atoms with van der Waals surface area (Å²) in [5.41, 5.74) is -0.0302. The van der Waals surface area contributed by atoms with Gasteiger partial charge in [0.25, 0.3) is 11.3 Å². The SMILES string of the molecule is CN(CCF)Cc1c(Cc2cccc(NS(=O)O)c2F)c(=O)oc2cc(OC(=O)N(C)C)ccc12. The quantitative estimate of drug-likeness (QED) is 0.335. The smallest absolute Gasteiger partial charge is 0.414 e. The number of hydrogen-bond acceptors (Lipinski definition) is 6. The molecule has 12 heteroatoms. The van der Waals surface area contributed by atoms with Crippen LogP contribution in [0.5, 0.6) is 5.75 Å². The van der Waals surface area contributed by atoms with Gasteiger partial charge in [0, 0.05) is 50.6 Å². The maximum atomic E-state index is 15.0. The average Bonchev–Trinajstić information content (AvgIpc) is 2.78. The molecule has 0 fully saturated rings. The first kappa shape index (κ1) is 26.3. The second-order valence-corrected chi connectivity index (χ2v) is 8.70. The van der Waals surface area contributed by atoms with Gasteiger partial charge in [0.2, 0.25) is 0 Å². The van der Waals surface area contributed by atoms with Gasteiger partial charge < -0.3 is 14.1 Å². The highest BCUT2D eigenvalue weighted by molar-refractivity contribution is 7.80. The molecule has 0 aliphatic rings. The topological polar surface area (TPSA) is 112 Å². The molecule has 188 valence electrons. The van der Waals surface area contributed by atoms with Gasteiger partial charge in [0.15, 0.2) is 5.82 Å². The monoisotopic (exact) mass is 509 g/mol. The van der Waals surface area contributed by atoms with Crippen molar-refractivity contribution in [3.63, 3.8) is 0 Å². The summed E-state index contributed by atoms with van der Waals surface area (Å²) in [5.74, 6) is -0.625. The van der Waals surface area contributed by atoms with E-state index in [4.69, 9.17) is 13.7 Å². The number of carbonyl (C=O) groups excluding carboxylic acids is 1. The van der Waals surface area contributed by atoms with Crippen LogP contribution in [0.1, 0.15) is 16.7 Å². The normalized spacial score (nSPS) is 12.1. The van der Waals surface area contributed by atoms with Crippen molar-refractivity contribution in [2.75, 3.05) is 39.1 Å². The van der Waals surface area contributed by atoms with Gasteiger partial charge in [-0.1, -0.05) is 12.1 Å². The van der Waals surface area contributed by atoms with Crippen LogP contribution in [0.25, 0.3) is 11.0 Å². The van der Waals surface area contributed by atoms with E-state index in [-0.39, 0.29) is 47.7 Å². The Hall–Kier alpha value is -3.35. The van der Waals surface area contributed by atoms with Crippen molar-refractivity contribution in [1.82, 2.24) is 9.80 Å². The standard InChI is InChI=1S/C23H25F2N3O6S/c1-27(2)23(30)33-15-7-8-16-18(13-28(3)10-9-24)17(22(29)34-20(16)12-15)11-14-5-4-6-19(21(14)25)26-35(31)32/h4-8,12,26H,9-11,13H2,1-3H3,(H,31,32). The van der Waals surface area contributed by atoms with Crippen LogP contribution in [-0.2, 0) is 24.2 Å². The van der Waals surface area contributed by atoms with Crippen molar-refractivity contribution in [3.8, 4) is 5.75 Å². The van der Waals surface area contributed by atoms with Gasteiger partial charge in [-0.2, -0.15) is 0 Å². The number of benzene rings is 2. The highest BCUT2D eigenvalue weighted by atomic mass is 32.2. The summed E-state index contributed by atoms with van der Waals surface area (Å²) in [6.45, 7) is -0.329. The summed E-state index contributed by atoms with van der Waals surface area (Å²) in [6.07, 6.45) is -0.785. The molecule has 1 heterocycles. The molecule has 9 nitrogen and oxygen atoms in total. The molecule has 1 atom stereocenters. The molecule has 0 aliphatic heterocycles. The Kier molecular flexibility index (Phi) is 8.54. The first-order valence-corrected chi connectivity index (χ1v) is 11.6. The number of anilines is 1. The van der Waals surface area contributed by atoms with Gasteiger partial charge in [-0.15, -0.1) is 0 Å². The zero-order valence-corrected chi connectivity index (χ0v) is 20.2. The van der Waals surface area contributed by atoms with Gasteiger partial charge in [-0.25, -0.2) is 22.6 Å². The van der Waals surface area contributed by atoms with Crippen LogP contribution in [-0.4, -0.2) is 59.0 Å². The van der Waals surface area contributed by atoms with Gasteiger partial charge in [-0.3, -0.25) is 14.2 Å². The lowest BCUT2D eigenvalue weighted by molar-refractivity contribution is 0.172. The van der Waals surface area contributed by atoms with Crippen molar-refractivity contribution >= 4 is 34.0 Å². The fourth-order valence-corrected chi connectivity index (χ4v) is 3.82. The van der Waals surface area contributed by atoms with Crippen molar-refractivity contribution < 1.29 is 31.5 Å². The second-order valence-electron chi connectivity index (χ2n) is 8.00. The zero-order valence-electron chi connectivity index (χ0n) is 19.3. The summed E-state index contributed by atoms with van der Waals surface area (Å²) < 4.78 is 60.8. The maximum Gasteiger partial charge on any atom is 0.414 e. The zero-order chi connectivity index (χ0) is 25.7. The van der Waals surface area contributed by atoms with E-state index in [0.29, 0.717) is 10.9 Å². The molecule has 0 bridgehead atoms.